The van der Waals surface area contributed by atoms with Gasteiger partial charge in [-0.3, -0.25) is 0 Å². The highest BCUT2D eigenvalue weighted by Gasteiger charge is 2.12. The average Bonchev–Trinajstić information content (AvgIpc) is 2.81. The zero-order valence-electron chi connectivity index (χ0n) is 10.9. The van der Waals surface area contributed by atoms with Crippen LogP contribution in [0.2, 0.25) is 0 Å². The fourth-order valence-corrected chi connectivity index (χ4v) is 2.09. The summed E-state index contributed by atoms with van der Waals surface area (Å²) >= 11 is 3.49. The van der Waals surface area contributed by atoms with E-state index in [0.717, 1.165) is 15.6 Å². The van der Waals surface area contributed by atoms with Crippen LogP contribution in [0.15, 0.2) is 27.2 Å². The first-order valence-electron chi connectivity index (χ1n) is 6.06. The summed E-state index contributed by atoms with van der Waals surface area (Å²) in [4.78, 5) is 4.37. The lowest BCUT2D eigenvalue weighted by Crippen LogP contribution is -1.98. The normalized spacial score (nSPS) is 12.1. The Labute approximate surface area is 120 Å². The first-order valence-corrected chi connectivity index (χ1v) is 6.85. The van der Waals surface area contributed by atoms with Gasteiger partial charge in [-0.1, -0.05) is 40.1 Å². The summed E-state index contributed by atoms with van der Waals surface area (Å²) in [5.74, 6) is 1.39. The molecule has 2 aromatic rings. The van der Waals surface area contributed by atoms with Gasteiger partial charge in [-0.15, -0.1) is 0 Å². The number of aromatic nitrogens is 2. The Kier molecular flexibility index (Phi) is 4.33. The molecule has 1 heterocycles. The van der Waals surface area contributed by atoms with Crippen molar-refractivity contribution in [3.05, 3.63) is 34.1 Å². The average molecular weight is 320 g/mol. The van der Waals surface area contributed by atoms with Gasteiger partial charge in [0.05, 0.1) is 6.07 Å². The van der Waals surface area contributed by atoms with Crippen LogP contribution in [-0.4, -0.2) is 10.1 Å². The van der Waals surface area contributed by atoms with Crippen molar-refractivity contribution in [1.82, 2.24) is 10.1 Å². The molecule has 0 aliphatic rings. The summed E-state index contributed by atoms with van der Waals surface area (Å²) in [5, 5.41) is 12.6. The van der Waals surface area contributed by atoms with Gasteiger partial charge in [-0.2, -0.15) is 10.2 Å². The maximum atomic E-state index is 8.63. The van der Waals surface area contributed by atoms with Crippen molar-refractivity contribution in [2.45, 2.75) is 26.7 Å². The van der Waals surface area contributed by atoms with Crippen molar-refractivity contribution in [3.63, 3.8) is 0 Å². The van der Waals surface area contributed by atoms with E-state index in [-0.39, 0.29) is 5.92 Å². The van der Waals surface area contributed by atoms with E-state index >= 15 is 0 Å². The molecule has 0 fully saturated rings. The molecule has 98 valence electrons. The van der Waals surface area contributed by atoms with Crippen LogP contribution in [0.25, 0.3) is 11.4 Å². The molecule has 2 rings (SSSR count). The van der Waals surface area contributed by atoms with Crippen LogP contribution < -0.4 is 0 Å². The van der Waals surface area contributed by atoms with Gasteiger partial charge in [0, 0.05) is 22.9 Å². The lowest BCUT2D eigenvalue weighted by molar-refractivity contribution is 0.359. The van der Waals surface area contributed by atoms with Crippen LogP contribution in [0.5, 0.6) is 0 Å². The van der Waals surface area contributed by atoms with Crippen molar-refractivity contribution in [1.29, 1.82) is 5.26 Å². The highest BCUT2D eigenvalue weighted by atomic mass is 79.9. The predicted octanol–water partition coefficient (Wildman–Crippen LogP) is 3.90. The van der Waals surface area contributed by atoms with E-state index in [2.05, 4.69) is 32.1 Å². The number of hydrogen-bond donors (Lipinski definition) is 0. The van der Waals surface area contributed by atoms with Crippen molar-refractivity contribution < 1.29 is 4.52 Å². The van der Waals surface area contributed by atoms with E-state index in [0.29, 0.717) is 24.6 Å². The maximum absolute atomic E-state index is 8.63. The van der Waals surface area contributed by atoms with E-state index in [1.807, 2.05) is 32.0 Å². The molecule has 0 aliphatic carbocycles. The zero-order valence-corrected chi connectivity index (χ0v) is 12.4. The molecule has 1 aromatic carbocycles. The molecular formula is C14H14BrN3O. The Hall–Kier alpha value is -1.67. The first-order chi connectivity index (χ1) is 9.10. The van der Waals surface area contributed by atoms with Crippen LogP contribution in [0.4, 0.5) is 0 Å². The lowest BCUT2D eigenvalue weighted by Gasteiger charge is -2.01. The van der Waals surface area contributed by atoms with E-state index < -0.39 is 0 Å². The predicted molar refractivity (Wildman–Crippen MR) is 75.3 cm³/mol. The Morgan fingerprint density at radius 3 is 2.95 bits per heavy atom. The van der Waals surface area contributed by atoms with Gasteiger partial charge < -0.3 is 4.52 Å². The lowest BCUT2D eigenvalue weighted by atomic mass is 10.1. The number of benzene rings is 1. The molecule has 1 atom stereocenters. The molecular weight excluding hydrogens is 306 g/mol. The molecule has 19 heavy (non-hydrogen) atoms. The van der Waals surface area contributed by atoms with Crippen LogP contribution >= 0.6 is 15.9 Å². The zero-order chi connectivity index (χ0) is 13.8. The molecule has 5 heteroatoms. The Bertz CT molecular complexity index is 615. The minimum absolute atomic E-state index is 0.225. The second-order valence-electron chi connectivity index (χ2n) is 4.65. The molecule has 0 N–H and O–H groups in total. The maximum Gasteiger partial charge on any atom is 0.227 e. The third-order valence-electron chi connectivity index (χ3n) is 2.86. The standard InChI is InChI=1S/C14H14BrN3O/c1-9(5-6-16)7-13-17-14(18-19-13)11-4-3-10(2)12(15)8-11/h3-4,8-9H,5,7H2,1-2H3. The second kappa shape index (κ2) is 5.98. The van der Waals surface area contributed by atoms with Crippen molar-refractivity contribution in [2.24, 2.45) is 5.92 Å². The van der Waals surface area contributed by atoms with Gasteiger partial charge in [0.25, 0.3) is 0 Å². The molecule has 0 saturated heterocycles. The molecule has 0 spiro atoms. The van der Waals surface area contributed by atoms with Gasteiger partial charge in [0.15, 0.2) is 0 Å². The molecule has 0 bridgehead atoms. The molecule has 0 amide bonds. The van der Waals surface area contributed by atoms with Crippen LogP contribution in [-0.2, 0) is 6.42 Å². The van der Waals surface area contributed by atoms with Crippen molar-refractivity contribution in [3.8, 4) is 17.5 Å². The number of nitriles is 1. The third kappa shape index (κ3) is 3.42. The molecule has 4 nitrogen and oxygen atoms in total. The van der Waals surface area contributed by atoms with E-state index in [1.54, 1.807) is 0 Å². The summed E-state index contributed by atoms with van der Waals surface area (Å²) in [7, 11) is 0. The molecule has 1 unspecified atom stereocenters. The number of hydrogen-bond acceptors (Lipinski definition) is 4. The number of halogens is 1. The van der Waals surface area contributed by atoms with Crippen LogP contribution in [0, 0.1) is 24.2 Å². The summed E-state index contributed by atoms with van der Waals surface area (Å²) in [6.45, 7) is 4.02. The molecule has 1 aromatic heterocycles. The monoisotopic (exact) mass is 319 g/mol. The van der Waals surface area contributed by atoms with Gasteiger partial charge in [-0.25, -0.2) is 0 Å². The number of nitrogens with zero attached hydrogens (tertiary/aromatic N) is 3. The van der Waals surface area contributed by atoms with Gasteiger partial charge in [-0.05, 0) is 24.5 Å². The van der Waals surface area contributed by atoms with E-state index in [9.17, 15) is 0 Å². The van der Waals surface area contributed by atoms with E-state index in [1.165, 1.54) is 0 Å². The summed E-state index contributed by atoms with van der Waals surface area (Å²) < 4.78 is 6.24. The fraction of sp³-hybridized carbons (Fsp3) is 0.357. The minimum Gasteiger partial charge on any atom is -0.339 e. The quantitative estimate of drug-likeness (QED) is 0.857. The topological polar surface area (TPSA) is 62.7 Å². The van der Waals surface area contributed by atoms with Crippen molar-refractivity contribution in [2.75, 3.05) is 0 Å². The summed E-state index contributed by atoms with van der Waals surface area (Å²) in [5.41, 5.74) is 2.08. The molecule has 0 saturated carbocycles. The Balaban J connectivity index is 2.16. The van der Waals surface area contributed by atoms with Gasteiger partial charge in [0.2, 0.25) is 11.7 Å². The Morgan fingerprint density at radius 2 is 2.26 bits per heavy atom. The highest BCUT2D eigenvalue weighted by molar-refractivity contribution is 9.10. The van der Waals surface area contributed by atoms with Crippen molar-refractivity contribution >= 4 is 15.9 Å². The number of aryl methyl sites for hydroxylation is 1. The first kappa shape index (κ1) is 13.8. The highest BCUT2D eigenvalue weighted by Crippen LogP contribution is 2.24. The molecule has 0 aliphatic heterocycles. The minimum atomic E-state index is 0.225. The second-order valence-corrected chi connectivity index (χ2v) is 5.50. The smallest absolute Gasteiger partial charge is 0.227 e. The van der Waals surface area contributed by atoms with Gasteiger partial charge >= 0.3 is 0 Å². The Morgan fingerprint density at radius 1 is 1.47 bits per heavy atom. The molecule has 0 radical (unpaired) electrons. The van der Waals surface area contributed by atoms with Gasteiger partial charge in [0.1, 0.15) is 0 Å². The SMILES string of the molecule is Cc1ccc(-c2noc(CC(C)CC#N)n2)cc1Br. The largest absolute Gasteiger partial charge is 0.339 e. The summed E-state index contributed by atoms with van der Waals surface area (Å²) in [6.07, 6.45) is 1.13. The third-order valence-corrected chi connectivity index (χ3v) is 3.72. The van der Waals surface area contributed by atoms with Crippen LogP contribution in [0.1, 0.15) is 24.8 Å². The number of rotatable bonds is 4. The van der Waals surface area contributed by atoms with Crippen LogP contribution in [0.3, 0.4) is 0 Å². The van der Waals surface area contributed by atoms with E-state index in [4.69, 9.17) is 9.78 Å². The summed E-state index contributed by atoms with van der Waals surface area (Å²) in [6, 6.07) is 8.09. The fourth-order valence-electron chi connectivity index (χ4n) is 1.71.